The van der Waals surface area contributed by atoms with Crippen molar-refractivity contribution in [3.05, 3.63) is 64.1 Å². The molecule has 2 aromatic rings. The molecule has 0 fully saturated rings. The fraction of sp³-hybridized carbons (Fsp3) is 0.417. The molecule has 0 saturated heterocycles. The van der Waals surface area contributed by atoms with Crippen LogP contribution in [-0.4, -0.2) is 34.6 Å². The Morgan fingerprint density at radius 1 is 1.06 bits per heavy atom. The van der Waals surface area contributed by atoms with Crippen molar-refractivity contribution in [3.63, 3.8) is 0 Å². The zero-order valence-electron chi connectivity index (χ0n) is 18.2. The molecule has 0 aromatic heterocycles. The molecular weight excluding hydrogens is 451 g/mol. The van der Waals surface area contributed by atoms with E-state index >= 15 is 0 Å². The summed E-state index contributed by atoms with van der Waals surface area (Å²) in [5.74, 6) is 0.606. The summed E-state index contributed by atoms with van der Waals surface area (Å²) in [7, 11) is 0. The lowest BCUT2D eigenvalue weighted by Crippen LogP contribution is -2.49. The number of hydrogen-bond donors (Lipinski definition) is 1. The summed E-state index contributed by atoms with van der Waals surface area (Å²) in [5.41, 5.74) is 0.830. The molecule has 0 spiro atoms. The van der Waals surface area contributed by atoms with Crippen LogP contribution in [0.5, 0.6) is 0 Å². The molecule has 0 aliphatic rings. The van der Waals surface area contributed by atoms with E-state index in [0.717, 1.165) is 22.6 Å². The Morgan fingerprint density at radius 3 is 2.39 bits per heavy atom. The largest absolute Gasteiger partial charge is 0.352 e. The second kappa shape index (κ2) is 13.0. The van der Waals surface area contributed by atoms with E-state index < -0.39 is 6.04 Å². The third-order valence-corrected chi connectivity index (χ3v) is 6.80. The lowest BCUT2D eigenvalue weighted by Gasteiger charge is -2.30. The molecule has 2 rings (SSSR count). The minimum Gasteiger partial charge on any atom is -0.352 e. The first-order valence-corrected chi connectivity index (χ1v) is 12.3. The SMILES string of the molecule is CC[C@@H](C)NC(=O)[C@H](C)N(Cc1ccccc1Cl)C(=O)CCCSc1ccc(Cl)cc1. The fourth-order valence-electron chi connectivity index (χ4n) is 2.95. The first-order valence-electron chi connectivity index (χ1n) is 10.5. The average Bonchev–Trinajstić information content (AvgIpc) is 2.76. The third kappa shape index (κ3) is 8.40. The summed E-state index contributed by atoms with van der Waals surface area (Å²) in [6.07, 6.45) is 1.91. The molecule has 0 aliphatic heterocycles. The number of nitrogens with zero attached hydrogens (tertiary/aromatic N) is 1. The smallest absolute Gasteiger partial charge is 0.242 e. The summed E-state index contributed by atoms with van der Waals surface area (Å²) < 4.78 is 0. The lowest BCUT2D eigenvalue weighted by atomic mass is 10.1. The first kappa shape index (κ1) is 25.6. The second-order valence-electron chi connectivity index (χ2n) is 7.51. The molecular formula is C24H30Cl2N2O2S. The quantitative estimate of drug-likeness (QED) is 0.307. The molecule has 2 aromatic carbocycles. The molecule has 4 nitrogen and oxygen atoms in total. The van der Waals surface area contributed by atoms with Crippen molar-refractivity contribution in [2.75, 3.05) is 5.75 Å². The second-order valence-corrected chi connectivity index (χ2v) is 9.52. The number of hydrogen-bond acceptors (Lipinski definition) is 3. The number of nitrogens with one attached hydrogen (secondary N) is 1. The van der Waals surface area contributed by atoms with Crippen molar-refractivity contribution in [1.29, 1.82) is 0 Å². The van der Waals surface area contributed by atoms with Crippen LogP contribution in [0.2, 0.25) is 10.0 Å². The first-order chi connectivity index (χ1) is 14.8. The maximum Gasteiger partial charge on any atom is 0.242 e. The number of carbonyl (C=O) groups is 2. The highest BCUT2D eigenvalue weighted by atomic mass is 35.5. The zero-order valence-corrected chi connectivity index (χ0v) is 20.6. The van der Waals surface area contributed by atoms with Gasteiger partial charge in [-0.3, -0.25) is 9.59 Å². The van der Waals surface area contributed by atoms with Gasteiger partial charge in [0.2, 0.25) is 11.8 Å². The Balaban J connectivity index is 2.01. The molecule has 31 heavy (non-hydrogen) atoms. The Bertz CT molecular complexity index is 861. The van der Waals surface area contributed by atoms with Crippen LogP contribution in [0.25, 0.3) is 0 Å². The van der Waals surface area contributed by atoms with Gasteiger partial charge in [-0.15, -0.1) is 11.8 Å². The van der Waals surface area contributed by atoms with Crippen molar-refractivity contribution >= 4 is 46.8 Å². The predicted octanol–water partition coefficient (Wildman–Crippen LogP) is 6.20. The van der Waals surface area contributed by atoms with E-state index in [4.69, 9.17) is 23.2 Å². The van der Waals surface area contributed by atoms with Crippen LogP contribution >= 0.6 is 35.0 Å². The van der Waals surface area contributed by atoms with Gasteiger partial charge in [-0.1, -0.05) is 48.3 Å². The zero-order chi connectivity index (χ0) is 22.8. The monoisotopic (exact) mass is 480 g/mol. The third-order valence-electron chi connectivity index (χ3n) is 5.08. The van der Waals surface area contributed by atoms with Crippen molar-refractivity contribution in [3.8, 4) is 0 Å². The number of carbonyl (C=O) groups excluding carboxylic acids is 2. The van der Waals surface area contributed by atoms with Gasteiger partial charge in [-0.2, -0.15) is 0 Å². The number of benzene rings is 2. The van der Waals surface area contributed by atoms with Gasteiger partial charge in [0.15, 0.2) is 0 Å². The van der Waals surface area contributed by atoms with Gasteiger partial charge in [-0.25, -0.2) is 0 Å². The van der Waals surface area contributed by atoms with Gasteiger partial charge in [0.05, 0.1) is 0 Å². The van der Waals surface area contributed by atoms with E-state index in [9.17, 15) is 9.59 Å². The van der Waals surface area contributed by atoms with Crippen molar-refractivity contribution in [1.82, 2.24) is 10.2 Å². The Labute approximate surface area is 199 Å². The normalized spacial score (nSPS) is 12.8. The van der Waals surface area contributed by atoms with Crippen molar-refractivity contribution < 1.29 is 9.59 Å². The van der Waals surface area contributed by atoms with E-state index in [1.165, 1.54) is 0 Å². The Morgan fingerprint density at radius 2 is 1.74 bits per heavy atom. The minimum absolute atomic E-state index is 0.0524. The molecule has 168 valence electrons. The molecule has 2 amide bonds. The number of halogens is 2. The van der Waals surface area contributed by atoms with Gasteiger partial charge in [0, 0.05) is 33.9 Å². The van der Waals surface area contributed by atoms with E-state index in [1.54, 1.807) is 29.7 Å². The fourth-order valence-corrected chi connectivity index (χ4v) is 4.12. The van der Waals surface area contributed by atoms with Crippen LogP contribution < -0.4 is 5.32 Å². The van der Waals surface area contributed by atoms with Gasteiger partial charge in [0.1, 0.15) is 6.04 Å². The van der Waals surface area contributed by atoms with Crippen LogP contribution in [0, 0.1) is 0 Å². The van der Waals surface area contributed by atoms with E-state index in [-0.39, 0.29) is 17.9 Å². The summed E-state index contributed by atoms with van der Waals surface area (Å²) >= 11 is 13.9. The van der Waals surface area contributed by atoms with Crippen LogP contribution in [0.3, 0.4) is 0 Å². The van der Waals surface area contributed by atoms with Crippen molar-refractivity contribution in [2.24, 2.45) is 0 Å². The topological polar surface area (TPSA) is 49.4 Å². The molecule has 7 heteroatoms. The maximum absolute atomic E-state index is 13.1. The van der Waals surface area contributed by atoms with Gasteiger partial charge in [-0.05, 0) is 68.3 Å². The summed E-state index contributed by atoms with van der Waals surface area (Å²) in [4.78, 5) is 28.6. The van der Waals surface area contributed by atoms with E-state index in [1.807, 2.05) is 56.3 Å². The average molecular weight is 481 g/mol. The highest BCUT2D eigenvalue weighted by Crippen LogP contribution is 2.23. The van der Waals surface area contributed by atoms with Gasteiger partial charge >= 0.3 is 0 Å². The molecule has 1 N–H and O–H groups in total. The molecule has 0 unspecified atom stereocenters. The number of thioether (sulfide) groups is 1. The lowest BCUT2D eigenvalue weighted by molar-refractivity contribution is -0.140. The maximum atomic E-state index is 13.1. The molecule has 2 atom stereocenters. The van der Waals surface area contributed by atoms with Crippen LogP contribution in [0.1, 0.15) is 45.6 Å². The minimum atomic E-state index is -0.582. The van der Waals surface area contributed by atoms with Crippen LogP contribution in [0.15, 0.2) is 53.4 Å². The molecule has 0 bridgehead atoms. The van der Waals surface area contributed by atoms with Gasteiger partial charge < -0.3 is 10.2 Å². The molecule has 0 aliphatic carbocycles. The summed E-state index contributed by atoms with van der Waals surface area (Å²) in [5, 5.41) is 4.28. The molecule has 0 heterocycles. The van der Waals surface area contributed by atoms with Gasteiger partial charge in [0.25, 0.3) is 0 Å². The summed E-state index contributed by atoms with van der Waals surface area (Å²) in [6, 6.07) is 14.6. The standard InChI is InChI=1S/C24H30Cl2N2O2S/c1-4-17(2)27-24(30)18(3)28(16-19-8-5-6-9-22(19)26)23(29)10-7-15-31-21-13-11-20(25)12-14-21/h5-6,8-9,11-14,17-18H,4,7,10,15-16H2,1-3H3,(H,27,30)/t17-,18+/m1/s1. The number of rotatable bonds is 11. The molecule has 0 saturated carbocycles. The number of amides is 2. The predicted molar refractivity (Wildman–Crippen MR) is 131 cm³/mol. The van der Waals surface area contributed by atoms with E-state index in [2.05, 4.69) is 5.32 Å². The van der Waals surface area contributed by atoms with Crippen molar-refractivity contribution in [2.45, 2.75) is 63.6 Å². The highest BCUT2D eigenvalue weighted by molar-refractivity contribution is 7.99. The van der Waals surface area contributed by atoms with Crippen LogP contribution in [-0.2, 0) is 16.1 Å². The van der Waals surface area contributed by atoms with E-state index in [0.29, 0.717) is 29.4 Å². The Hall–Kier alpha value is -1.69. The molecule has 0 radical (unpaired) electrons. The summed E-state index contributed by atoms with van der Waals surface area (Å²) in [6.45, 7) is 6.05. The Kier molecular flexibility index (Phi) is 10.7. The van der Waals surface area contributed by atoms with Crippen LogP contribution in [0.4, 0.5) is 0 Å². The highest BCUT2D eigenvalue weighted by Gasteiger charge is 2.26.